The fourth-order valence-corrected chi connectivity index (χ4v) is 4.03. The summed E-state index contributed by atoms with van der Waals surface area (Å²) in [5, 5.41) is 5.82. The van der Waals surface area contributed by atoms with E-state index in [2.05, 4.69) is 27.8 Å². The summed E-state index contributed by atoms with van der Waals surface area (Å²) in [6, 6.07) is 14.5. The zero-order valence-electron chi connectivity index (χ0n) is 22.2. The Morgan fingerprint density at radius 1 is 1.00 bits per heavy atom. The molecule has 1 saturated heterocycles. The molecule has 2 amide bonds. The Kier molecular flexibility index (Phi) is 9.27. The largest absolute Gasteiger partial charge is 0.481 e. The van der Waals surface area contributed by atoms with E-state index in [1.54, 1.807) is 25.1 Å². The summed E-state index contributed by atoms with van der Waals surface area (Å²) >= 11 is 0. The smallest absolute Gasteiger partial charge is 0.402 e. The lowest BCUT2D eigenvalue weighted by Crippen LogP contribution is -2.56. The van der Waals surface area contributed by atoms with Gasteiger partial charge in [-0.15, -0.1) is 0 Å². The van der Waals surface area contributed by atoms with Crippen molar-refractivity contribution in [2.45, 2.75) is 77.1 Å². The molecule has 8 nitrogen and oxygen atoms in total. The second-order valence-corrected chi connectivity index (χ2v) is 10.3. The standard InChI is InChI=1S/C27H38BN3O5/c1-19-12-10-16-21(29-19)24(32)30-22(18-34-6)25(33)31-23(17-11-15-20-13-8-7-9-14-20)28-35-26(2,3)27(4,5)36-28/h7-10,12-14,16,22-23H,11,15,17-18H2,1-6H3,(H,30,32)(H,31,33). The molecule has 9 heteroatoms. The van der Waals surface area contributed by atoms with Crippen LogP contribution in [0.2, 0.25) is 0 Å². The topological polar surface area (TPSA) is 98.8 Å². The number of rotatable bonds is 11. The number of aryl methyl sites for hydroxylation is 2. The van der Waals surface area contributed by atoms with Crippen LogP contribution in [0.4, 0.5) is 0 Å². The van der Waals surface area contributed by atoms with Crippen LogP contribution in [-0.2, 0) is 25.3 Å². The number of carbonyl (C=O) groups is 2. The van der Waals surface area contributed by atoms with E-state index in [1.165, 1.54) is 12.7 Å². The van der Waals surface area contributed by atoms with Crippen LogP contribution in [0.1, 0.15) is 62.3 Å². The number of hydrogen-bond donors (Lipinski definition) is 2. The van der Waals surface area contributed by atoms with Crippen molar-refractivity contribution < 1.29 is 23.6 Å². The van der Waals surface area contributed by atoms with E-state index in [0.29, 0.717) is 6.42 Å². The SMILES string of the molecule is COCC(NC(=O)c1cccc(C)n1)C(=O)NC(CCCc1ccccc1)B1OC(C)(C)C(C)(C)O1. The summed E-state index contributed by atoms with van der Waals surface area (Å²) in [7, 11) is 0.871. The maximum atomic E-state index is 13.4. The van der Waals surface area contributed by atoms with Gasteiger partial charge < -0.3 is 24.7 Å². The van der Waals surface area contributed by atoms with Crippen LogP contribution in [0, 0.1) is 6.92 Å². The third-order valence-corrected chi connectivity index (χ3v) is 6.83. The van der Waals surface area contributed by atoms with E-state index in [4.69, 9.17) is 14.0 Å². The number of hydrogen-bond acceptors (Lipinski definition) is 6. The Balaban J connectivity index is 1.72. The number of pyridine rings is 1. The molecular weight excluding hydrogens is 457 g/mol. The molecule has 0 bridgehead atoms. The van der Waals surface area contributed by atoms with E-state index < -0.39 is 36.2 Å². The molecule has 2 aromatic rings. The summed E-state index contributed by atoms with van der Waals surface area (Å²) in [6.07, 6.45) is 2.34. The highest BCUT2D eigenvalue weighted by Gasteiger charge is 2.54. The van der Waals surface area contributed by atoms with Gasteiger partial charge in [-0.05, 0) is 71.6 Å². The average Bonchev–Trinajstić information content (AvgIpc) is 3.05. The third-order valence-electron chi connectivity index (χ3n) is 6.83. The Morgan fingerprint density at radius 2 is 1.67 bits per heavy atom. The van der Waals surface area contributed by atoms with E-state index in [0.717, 1.165) is 18.5 Å². The van der Waals surface area contributed by atoms with Gasteiger partial charge in [-0.2, -0.15) is 0 Å². The van der Waals surface area contributed by atoms with Crippen LogP contribution in [0.25, 0.3) is 0 Å². The molecule has 36 heavy (non-hydrogen) atoms. The van der Waals surface area contributed by atoms with Gasteiger partial charge >= 0.3 is 7.12 Å². The van der Waals surface area contributed by atoms with Crippen LogP contribution in [0.3, 0.4) is 0 Å². The molecule has 194 valence electrons. The van der Waals surface area contributed by atoms with Crippen LogP contribution >= 0.6 is 0 Å². The monoisotopic (exact) mass is 495 g/mol. The van der Waals surface area contributed by atoms with Crippen LogP contribution < -0.4 is 10.6 Å². The lowest BCUT2D eigenvalue weighted by atomic mass is 9.75. The first-order valence-electron chi connectivity index (χ1n) is 12.5. The zero-order chi connectivity index (χ0) is 26.3. The number of nitrogens with one attached hydrogen (secondary N) is 2. The number of amides is 2. The molecule has 1 fully saturated rings. The van der Waals surface area contributed by atoms with Crippen LogP contribution in [0.5, 0.6) is 0 Å². The predicted octanol–water partition coefficient (Wildman–Crippen LogP) is 3.27. The fourth-order valence-electron chi connectivity index (χ4n) is 4.03. The molecule has 1 aromatic heterocycles. The van der Waals surface area contributed by atoms with E-state index in [9.17, 15) is 9.59 Å². The molecule has 2 N–H and O–H groups in total. The first-order chi connectivity index (χ1) is 17.0. The van der Waals surface area contributed by atoms with Gasteiger partial charge in [0.2, 0.25) is 5.91 Å². The van der Waals surface area contributed by atoms with Crippen LogP contribution in [-0.4, -0.2) is 60.8 Å². The van der Waals surface area contributed by atoms with Crippen molar-refractivity contribution in [3.63, 3.8) is 0 Å². The first kappa shape index (κ1) is 27.8. The second kappa shape index (κ2) is 12.0. The first-order valence-corrected chi connectivity index (χ1v) is 12.5. The van der Waals surface area contributed by atoms with Gasteiger partial charge in [0.15, 0.2) is 0 Å². The van der Waals surface area contributed by atoms with Gasteiger partial charge in [0.05, 0.1) is 23.8 Å². The normalized spacial score (nSPS) is 17.9. The maximum absolute atomic E-state index is 13.4. The number of carbonyl (C=O) groups excluding carboxylic acids is 2. The molecule has 2 heterocycles. The molecule has 0 saturated carbocycles. The molecule has 0 spiro atoms. The van der Waals surface area contributed by atoms with Crippen molar-refractivity contribution in [1.29, 1.82) is 0 Å². The summed E-state index contributed by atoms with van der Waals surface area (Å²) in [4.78, 5) is 30.4. The highest BCUT2D eigenvalue weighted by Crippen LogP contribution is 2.38. The lowest BCUT2D eigenvalue weighted by molar-refractivity contribution is -0.124. The fraction of sp³-hybridized carbons (Fsp3) is 0.519. The number of ether oxygens (including phenoxy) is 1. The summed E-state index contributed by atoms with van der Waals surface area (Å²) in [5.41, 5.74) is 1.13. The third kappa shape index (κ3) is 7.15. The maximum Gasteiger partial charge on any atom is 0.481 e. The van der Waals surface area contributed by atoms with Crippen LogP contribution in [0.15, 0.2) is 48.5 Å². The molecule has 1 aliphatic heterocycles. The Bertz CT molecular complexity index is 1020. The minimum atomic E-state index is -0.899. The second-order valence-electron chi connectivity index (χ2n) is 10.3. The molecule has 0 radical (unpaired) electrons. The van der Waals surface area contributed by atoms with Gasteiger partial charge in [0.25, 0.3) is 5.91 Å². The molecule has 2 atom stereocenters. The zero-order valence-corrected chi connectivity index (χ0v) is 22.2. The quantitative estimate of drug-likeness (QED) is 0.465. The summed E-state index contributed by atoms with van der Waals surface area (Å²) < 4.78 is 17.8. The highest BCUT2D eigenvalue weighted by molar-refractivity contribution is 6.48. The van der Waals surface area contributed by atoms with E-state index in [1.807, 2.05) is 45.9 Å². The number of aromatic nitrogens is 1. The predicted molar refractivity (Wildman–Crippen MR) is 139 cm³/mol. The number of benzene rings is 1. The van der Waals surface area contributed by atoms with Crippen molar-refractivity contribution >= 4 is 18.9 Å². The van der Waals surface area contributed by atoms with Crippen molar-refractivity contribution in [3.8, 4) is 0 Å². The van der Waals surface area contributed by atoms with Gasteiger partial charge in [-0.25, -0.2) is 4.98 Å². The van der Waals surface area contributed by atoms with Crippen molar-refractivity contribution in [2.24, 2.45) is 0 Å². The molecule has 3 rings (SSSR count). The Morgan fingerprint density at radius 3 is 2.28 bits per heavy atom. The summed E-state index contributed by atoms with van der Waals surface area (Å²) in [5.74, 6) is -1.21. The molecule has 0 aliphatic carbocycles. The number of methoxy groups -OCH3 is 1. The van der Waals surface area contributed by atoms with Crippen molar-refractivity contribution in [1.82, 2.24) is 15.6 Å². The summed E-state index contributed by atoms with van der Waals surface area (Å²) in [6.45, 7) is 9.76. The van der Waals surface area contributed by atoms with E-state index >= 15 is 0 Å². The minimum Gasteiger partial charge on any atom is -0.402 e. The van der Waals surface area contributed by atoms with Gasteiger partial charge in [0, 0.05) is 12.8 Å². The molecular formula is C27H38BN3O5. The van der Waals surface area contributed by atoms with Gasteiger partial charge in [0.1, 0.15) is 11.7 Å². The average molecular weight is 495 g/mol. The van der Waals surface area contributed by atoms with E-state index in [-0.39, 0.29) is 18.2 Å². The lowest BCUT2D eigenvalue weighted by Gasteiger charge is -2.32. The van der Waals surface area contributed by atoms with Gasteiger partial charge in [-0.1, -0.05) is 36.4 Å². The molecule has 1 aliphatic rings. The minimum absolute atomic E-state index is 0.0174. The molecule has 1 aromatic carbocycles. The Labute approximate surface area is 214 Å². The van der Waals surface area contributed by atoms with Crippen molar-refractivity contribution in [2.75, 3.05) is 13.7 Å². The number of nitrogens with zero attached hydrogens (tertiary/aromatic N) is 1. The molecule has 2 unspecified atom stereocenters. The van der Waals surface area contributed by atoms with Crippen molar-refractivity contribution in [3.05, 3.63) is 65.5 Å². The highest BCUT2D eigenvalue weighted by atomic mass is 16.7. The van der Waals surface area contributed by atoms with Gasteiger partial charge in [-0.3, -0.25) is 9.59 Å². The Hall–Kier alpha value is -2.75.